The van der Waals surface area contributed by atoms with E-state index in [1.807, 2.05) is 6.92 Å². The Morgan fingerprint density at radius 1 is 0.750 bits per heavy atom. The number of aryl methyl sites for hydroxylation is 1. The Hall–Kier alpha value is 0.130. The molecule has 0 N–H and O–H groups in total. The number of rotatable bonds is 10. The van der Waals surface area contributed by atoms with E-state index in [1.165, 1.54) is 76.3 Å². The molecule has 0 unspecified atom stereocenters. The summed E-state index contributed by atoms with van der Waals surface area (Å²) in [6.07, 6.45) is 14.4. The van der Waals surface area contributed by atoms with Crippen LogP contribution in [-0.2, 0) is 10.1 Å². The maximum Gasteiger partial charge on any atom is 1.00 e. The van der Waals surface area contributed by atoms with Gasteiger partial charge in [-0.2, -0.15) is 0 Å². The van der Waals surface area contributed by atoms with Gasteiger partial charge in [0.05, 0.1) is 4.90 Å². The summed E-state index contributed by atoms with van der Waals surface area (Å²) >= 11 is 0. The summed E-state index contributed by atoms with van der Waals surface area (Å²) in [4.78, 5) is -0.178. The van der Waals surface area contributed by atoms with Gasteiger partial charge in [0.25, 0.3) is 0 Å². The molecule has 3 nitrogen and oxygen atoms in total. The Balaban J connectivity index is 0. The minimum Gasteiger partial charge on any atom is -0.744 e. The van der Waals surface area contributed by atoms with E-state index in [4.69, 9.17) is 0 Å². The molecule has 0 aliphatic heterocycles. The molecule has 0 atom stereocenters. The standard InChI is InChI=1S/C12H26.C7H8O3S.Na/c1-3-5-7-9-11-12-10-8-6-4-2;1-6-2-4-7(5-3-6)11(8,9)10;/h3-12H2,1-2H3;2-5H,1H3,(H,8,9,10);/q;;+1/p-1. The maximum absolute atomic E-state index is 10.4. The smallest absolute Gasteiger partial charge is 0.744 e. The average molecular weight is 365 g/mol. The summed E-state index contributed by atoms with van der Waals surface area (Å²) in [6, 6.07) is 5.78. The molecule has 1 aromatic carbocycles. The molecule has 0 saturated heterocycles. The van der Waals surface area contributed by atoms with Crippen molar-refractivity contribution in [3.63, 3.8) is 0 Å². The van der Waals surface area contributed by atoms with Crippen LogP contribution in [0.4, 0.5) is 0 Å². The largest absolute Gasteiger partial charge is 1.00 e. The van der Waals surface area contributed by atoms with Crippen molar-refractivity contribution in [2.45, 2.75) is 89.9 Å². The number of benzene rings is 1. The summed E-state index contributed by atoms with van der Waals surface area (Å²) in [6.45, 7) is 6.38. The van der Waals surface area contributed by atoms with E-state index in [-0.39, 0.29) is 34.5 Å². The summed E-state index contributed by atoms with van der Waals surface area (Å²) < 4.78 is 31.2. The van der Waals surface area contributed by atoms with Gasteiger partial charge in [-0.3, -0.25) is 0 Å². The zero-order valence-electron chi connectivity index (χ0n) is 16.0. The quantitative estimate of drug-likeness (QED) is 0.364. The topological polar surface area (TPSA) is 57.2 Å². The molecule has 0 spiro atoms. The zero-order chi connectivity index (χ0) is 17.6. The van der Waals surface area contributed by atoms with Crippen LogP contribution in [0, 0.1) is 6.92 Å². The molecule has 0 saturated carbocycles. The number of hydrogen-bond donors (Lipinski definition) is 0. The van der Waals surface area contributed by atoms with Crippen molar-refractivity contribution in [1.29, 1.82) is 0 Å². The minimum absolute atomic E-state index is 0. The Morgan fingerprint density at radius 3 is 1.38 bits per heavy atom. The third-order valence-electron chi connectivity index (χ3n) is 3.77. The second-order valence-corrected chi connectivity index (χ2v) is 7.48. The predicted molar refractivity (Wildman–Crippen MR) is 96.7 cm³/mol. The van der Waals surface area contributed by atoms with Crippen molar-refractivity contribution in [1.82, 2.24) is 0 Å². The minimum atomic E-state index is -4.27. The van der Waals surface area contributed by atoms with Crippen LogP contribution in [-0.4, -0.2) is 13.0 Å². The van der Waals surface area contributed by atoms with Gasteiger partial charge in [0, 0.05) is 0 Å². The number of unbranched alkanes of at least 4 members (excludes halogenated alkanes) is 9. The van der Waals surface area contributed by atoms with E-state index in [9.17, 15) is 13.0 Å². The van der Waals surface area contributed by atoms with Gasteiger partial charge in [0.1, 0.15) is 10.1 Å². The van der Waals surface area contributed by atoms with Crippen molar-refractivity contribution in [3.8, 4) is 0 Å². The van der Waals surface area contributed by atoms with Crippen molar-refractivity contribution in [2.24, 2.45) is 0 Å². The Morgan fingerprint density at radius 2 is 1.08 bits per heavy atom. The fourth-order valence-electron chi connectivity index (χ4n) is 2.27. The average Bonchev–Trinajstić information content (AvgIpc) is 2.50. The number of hydrogen-bond acceptors (Lipinski definition) is 3. The molecule has 0 aromatic heterocycles. The van der Waals surface area contributed by atoms with E-state index in [0.29, 0.717) is 0 Å². The van der Waals surface area contributed by atoms with Gasteiger partial charge < -0.3 is 4.55 Å². The second kappa shape index (κ2) is 16.6. The monoisotopic (exact) mass is 364 g/mol. The molecule has 0 heterocycles. The van der Waals surface area contributed by atoms with Gasteiger partial charge in [-0.15, -0.1) is 0 Å². The third-order valence-corrected chi connectivity index (χ3v) is 4.62. The molecule has 0 bridgehead atoms. The maximum atomic E-state index is 10.4. The Kier molecular flexibility index (Phi) is 18.2. The van der Waals surface area contributed by atoms with Crippen LogP contribution in [0.15, 0.2) is 29.2 Å². The molecule has 134 valence electrons. The third kappa shape index (κ3) is 15.6. The first kappa shape index (κ1) is 26.4. The van der Waals surface area contributed by atoms with E-state index >= 15 is 0 Å². The van der Waals surface area contributed by atoms with Gasteiger partial charge in [-0.25, -0.2) is 8.42 Å². The van der Waals surface area contributed by atoms with Crippen LogP contribution < -0.4 is 29.6 Å². The molecule has 0 radical (unpaired) electrons. The molecule has 5 heteroatoms. The zero-order valence-corrected chi connectivity index (χ0v) is 18.8. The van der Waals surface area contributed by atoms with Crippen LogP contribution >= 0.6 is 0 Å². The van der Waals surface area contributed by atoms with Crippen molar-refractivity contribution < 1.29 is 42.5 Å². The normalized spacial score (nSPS) is 10.5. The van der Waals surface area contributed by atoms with Crippen molar-refractivity contribution in [2.75, 3.05) is 0 Å². The predicted octanol–water partition coefficient (Wildman–Crippen LogP) is 2.83. The first-order valence-corrected chi connectivity index (χ1v) is 10.3. The molecule has 0 fully saturated rings. The molecular weight excluding hydrogens is 331 g/mol. The summed E-state index contributed by atoms with van der Waals surface area (Å²) in [5, 5.41) is 0. The molecular formula is C19H33NaO3S. The van der Waals surface area contributed by atoms with Gasteiger partial charge in [-0.1, -0.05) is 95.8 Å². The molecule has 1 aromatic rings. The molecule has 1 rings (SSSR count). The first-order chi connectivity index (χ1) is 10.9. The Bertz CT molecular complexity index is 474. The fourth-order valence-corrected chi connectivity index (χ4v) is 2.74. The van der Waals surface area contributed by atoms with E-state index in [1.54, 1.807) is 12.1 Å². The SMILES string of the molecule is CCCCCCCCCCCC.Cc1ccc(S(=O)(=O)[O-])cc1.[Na+]. The summed E-state index contributed by atoms with van der Waals surface area (Å²) in [5.74, 6) is 0. The van der Waals surface area contributed by atoms with Gasteiger partial charge in [0.2, 0.25) is 0 Å². The van der Waals surface area contributed by atoms with Crippen LogP contribution in [0.25, 0.3) is 0 Å². The second-order valence-electron chi connectivity index (χ2n) is 6.10. The van der Waals surface area contributed by atoms with Crippen LogP contribution in [0.5, 0.6) is 0 Å². The summed E-state index contributed by atoms with van der Waals surface area (Å²) in [5.41, 5.74) is 0.928. The van der Waals surface area contributed by atoms with Gasteiger partial charge >= 0.3 is 29.6 Å². The fraction of sp³-hybridized carbons (Fsp3) is 0.684. The van der Waals surface area contributed by atoms with E-state index in [0.717, 1.165) is 5.56 Å². The molecule has 24 heavy (non-hydrogen) atoms. The van der Waals surface area contributed by atoms with Crippen LogP contribution in [0.2, 0.25) is 0 Å². The van der Waals surface area contributed by atoms with Gasteiger partial charge in [0.15, 0.2) is 0 Å². The van der Waals surface area contributed by atoms with Gasteiger partial charge in [-0.05, 0) is 19.1 Å². The van der Waals surface area contributed by atoms with Crippen LogP contribution in [0.1, 0.15) is 83.6 Å². The van der Waals surface area contributed by atoms with Crippen LogP contribution in [0.3, 0.4) is 0 Å². The molecule has 0 aliphatic rings. The first-order valence-electron chi connectivity index (χ1n) is 8.94. The van der Waals surface area contributed by atoms with E-state index < -0.39 is 10.1 Å². The molecule has 0 aliphatic carbocycles. The molecule has 0 amide bonds. The summed E-state index contributed by atoms with van der Waals surface area (Å²) in [7, 11) is -4.27. The van der Waals surface area contributed by atoms with E-state index in [2.05, 4.69) is 13.8 Å². The van der Waals surface area contributed by atoms with Crippen molar-refractivity contribution >= 4 is 10.1 Å². The van der Waals surface area contributed by atoms with Crippen molar-refractivity contribution in [3.05, 3.63) is 29.8 Å². The Labute approximate surface area is 171 Å².